The molecule has 1 atom stereocenters. The standard InChI is InChI=1S/C22H29N3O/c1-18(25-9-2-3-10-25)20-5-4-6-21(15-20)22-8-7-19(16-23-22)17-24-11-13-26-14-12-24/h4-8,15-16,18H,2-3,9-14,17H2,1H3/t18-/m0/s1. The fourth-order valence-corrected chi connectivity index (χ4v) is 4.00. The van der Waals surface area contributed by atoms with E-state index in [0.29, 0.717) is 6.04 Å². The van der Waals surface area contributed by atoms with E-state index in [1.165, 1.54) is 42.6 Å². The minimum absolute atomic E-state index is 0.484. The molecule has 0 saturated carbocycles. The zero-order valence-corrected chi connectivity index (χ0v) is 15.7. The SMILES string of the molecule is C[C@@H](c1cccc(-c2ccc(CN3CCOCC3)cn2)c1)N1CCCC1. The van der Waals surface area contributed by atoms with Gasteiger partial charge in [0.1, 0.15) is 0 Å². The van der Waals surface area contributed by atoms with Crippen LogP contribution in [0.1, 0.15) is 36.9 Å². The maximum atomic E-state index is 5.42. The average molecular weight is 351 g/mol. The van der Waals surface area contributed by atoms with Gasteiger partial charge in [-0.05, 0) is 56.1 Å². The lowest BCUT2D eigenvalue weighted by Crippen LogP contribution is -2.35. The Morgan fingerprint density at radius 2 is 1.85 bits per heavy atom. The lowest BCUT2D eigenvalue weighted by atomic mass is 10.0. The number of aromatic nitrogens is 1. The molecule has 2 aromatic rings. The van der Waals surface area contributed by atoms with Crippen molar-refractivity contribution in [3.8, 4) is 11.3 Å². The summed E-state index contributed by atoms with van der Waals surface area (Å²) in [6.07, 6.45) is 4.69. The predicted octanol–water partition coefficient (Wildman–Crippen LogP) is 3.74. The van der Waals surface area contributed by atoms with Gasteiger partial charge in [0.15, 0.2) is 0 Å². The lowest BCUT2D eigenvalue weighted by Gasteiger charge is -2.26. The Balaban J connectivity index is 1.45. The van der Waals surface area contributed by atoms with E-state index in [4.69, 9.17) is 9.72 Å². The molecule has 0 amide bonds. The molecule has 2 saturated heterocycles. The topological polar surface area (TPSA) is 28.6 Å². The van der Waals surface area contributed by atoms with Gasteiger partial charge in [-0.15, -0.1) is 0 Å². The van der Waals surface area contributed by atoms with Crippen LogP contribution >= 0.6 is 0 Å². The molecule has 0 unspecified atom stereocenters. The Morgan fingerprint density at radius 3 is 2.58 bits per heavy atom. The van der Waals surface area contributed by atoms with Crippen molar-refractivity contribution in [1.29, 1.82) is 0 Å². The summed E-state index contributed by atoms with van der Waals surface area (Å²) < 4.78 is 5.42. The van der Waals surface area contributed by atoms with Gasteiger partial charge in [-0.2, -0.15) is 0 Å². The summed E-state index contributed by atoms with van der Waals surface area (Å²) in [4.78, 5) is 9.75. The molecule has 2 fully saturated rings. The Morgan fingerprint density at radius 1 is 1.04 bits per heavy atom. The molecule has 4 rings (SSSR count). The Bertz CT molecular complexity index is 704. The Labute approximate surface area is 156 Å². The van der Waals surface area contributed by atoms with Crippen molar-refractivity contribution >= 4 is 0 Å². The maximum Gasteiger partial charge on any atom is 0.0702 e. The highest BCUT2D eigenvalue weighted by Gasteiger charge is 2.19. The van der Waals surface area contributed by atoms with Crippen LogP contribution in [0.2, 0.25) is 0 Å². The minimum Gasteiger partial charge on any atom is -0.379 e. The van der Waals surface area contributed by atoms with E-state index in [1.807, 2.05) is 6.20 Å². The molecule has 3 heterocycles. The minimum atomic E-state index is 0.484. The van der Waals surface area contributed by atoms with Crippen molar-refractivity contribution in [2.24, 2.45) is 0 Å². The first-order valence-electron chi connectivity index (χ1n) is 9.89. The Hall–Kier alpha value is -1.75. The second-order valence-electron chi connectivity index (χ2n) is 7.48. The fourth-order valence-electron chi connectivity index (χ4n) is 4.00. The highest BCUT2D eigenvalue weighted by atomic mass is 16.5. The van der Waals surface area contributed by atoms with Crippen molar-refractivity contribution in [3.05, 3.63) is 53.7 Å². The van der Waals surface area contributed by atoms with Crippen molar-refractivity contribution in [3.63, 3.8) is 0 Å². The molecule has 138 valence electrons. The number of morpholine rings is 1. The first kappa shape index (κ1) is 17.7. The smallest absolute Gasteiger partial charge is 0.0702 e. The van der Waals surface area contributed by atoms with E-state index in [-0.39, 0.29) is 0 Å². The van der Waals surface area contributed by atoms with Crippen LogP contribution in [-0.2, 0) is 11.3 Å². The van der Waals surface area contributed by atoms with Crippen LogP contribution in [0.3, 0.4) is 0 Å². The third kappa shape index (κ3) is 4.14. The molecule has 0 radical (unpaired) electrons. The number of pyridine rings is 1. The molecule has 2 aliphatic heterocycles. The highest BCUT2D eigenvalue weighted by molar-refractivity contribution is 5.60. The number of ether oxygens (including phenoxy) is 1. The molecule has 1 aromatic carbocycles. The van der Waals surface area contributed by atoms with Crippen LogP contribution < -0.4 is 0 Å². The third-order valence-electron chi connectivity index (χ3n) is 5.69. The van der Waals surface area contributed by atoms with E-state index in [0.717, 1.165) is 38.5 Å². The molecule has 26 heavy (non-hydrogen) atoms. The van der Waals surface area contributed by atoms with Gasteiger partial charge >= 0.3 is 0 Å². The van der Waals surface area contributed by atoms with Crippen molar-refractivity contribution in [2.75, 3.05) is 39.4 Å². The quantitative estimate of drug-likeness (QED) is 0.820. The van der Waals surface area contributed by atoms with Crippen LogP contribution in [0.5, 0.6) is 0 Å². The molecule has 0 spiro atoms. The number of likely N-dealkylation sites (tertiary alicyclic amines) is 1. The molecule has 4 nitrogen and oxygen atoms in total. The van der Waals surface area contributed by atoms with E-state index >= 15 is 0 Å². The van der Waals surface area contributed by atoms with Gasteiger partial charge in [-0.3, -0.25) is 14.8 Å². The van der Waals surface area contributed by atoms with Crippen LogP contribution in [0.4, 0.5) is 0 Å². The molecule has 1 aromatic heterocycles. The van der Waals surface area contributed by atoms with Crippen molar-refractivity contribution in [2.45, 2.75) is 32.4 Å². The van der Waals surface area contributed by atoms with Gasteiger partial charge in [0.05, 0.1) is 18.9 Å². The van der Waals surface area contributed by atoms with Gasteiger partial charge in [0, 0.05) is 37.4 Å². The highest BCUT2D eigenvalue weighted by Crippen LogP contribution is 2.27. The van der Waals surface area contributed by atoms with Crippen LogP contribution in [0, 0.1) is 0 Å². The Kier molecular flexibility index (Phi) is 5.63. The largest absolute Gasteiger partial charge is 0.379 e. The summed E-state index contributed by atoms with van der Waals surface area (Å²) in [5.74, 6) is 0. The maximum absolute atomic E-state index is 5.42. The summed E-state index contributed by atoms with van der Waals surface area (Å²) in [5.41, 5.74) is 4.94. The zero-order chi connectivity index (χ0) is 17.8. The monoisotopic (exact) mass is 351 g/mol. The van der Waals surface area contributed by atoms with Crippen molar-refractivity contribution in [1.82, 2.24) is 14.8 Å². The number of rotatable bonds is 5. The molecular formula is C22H29N3O. The first-order chi connectivity index (χ1) is 12.8. The summed E-state index contributed by atoms with van der Waals surface area (Å²) in [6.45, 7) is 9.43. The van der Waals surface area contributed by atoms with Gasteiger partial charge < -0.3 is 4.74 Å². The molecule has 0 aliphatic carbocycles. The normalized spacial score (nSPS) is 20.3. The van der Waals surface area contributed by atoms with Gasteiger partial charge in [-0.25, -0.2) is 0 Å². The molecule has 0 bridgehead atoms. The van der Waals surface area contributed by atoms with Crippen LogP contribution in [0.15, 0.2) is 42.6 Å². The molecule has 2 aliphatic rings. The van der Waals surface area contributed by atoms with Crippen LogP contribution in [0.25, 0.3) is 11.3 Å². The van der Waals surface area contributed by atoms with Gasteiger partial charge in [0.2, 0.25) is 0 Å². The van der Waals surface area contributed by atoms with Crippen LogP contribution in [-0.4, -0.2) is 54.2 Å². The number of hydrogen-bond donors (Lipinski definition) is 0. The van der Waals surface area contributed by atoms with Gasteiger partial charge in [0.25, 0.3) is 0 Å². The third-order valence-corrected chi connectivity index (χ3v) is 5.69. The molecule has 0 N–H and O–H groups in total. The summed E-state index contributed by atoms with van der Waals surface area (Å²) in [7, 11) is 0. The number of nitrogens with zero attached hydrogens (tertiary/aromatic N) is 3. The first-order valence-corrected chi connectivity index (χ1v) is 9.89. The number of benzene rings is 1. The fraction of sp³-hybridized carbons (Fsp3) is 0.500. The van der Waals surface area contributed by atoms with E-state index in [2.05, 4.69) is 53.1 Å². The van der Waals surface area contributed by atoms with Gasteiger partial charge in [-0.1, -0.05) is 24.3 Å². The molecular weight excluding hydrogens is 322 g/mol. The molecule has 4 heteroatoms. The summed E-state index contributed by atoms with van der Waals surface area (Å²) in [5, 5.41) is 0. The summed E-state index contributed by atoms with van der Waals surface area (Å²) >= 11 is 0. The van der Waals surface area contributed by atoms with E-state index < -0.39 is 0 Å². The van der Waals surface area contributed by atoms with E-state index in [9.17, 15) is 0 Å². The lowest BCUT2D eigenvalue weighted by molar-refractivity contribution is 0.0341. The second-order valence-corrected chi connectivity index (χ2v) is 7.48. The van der Waals surface area contributed by atoms with E-state index in [1.54, 1.807) is 0 Å². The second kappa shape index (κ2) is 8.30. The zero-order valence-electron chi connectivity index (χ0n) is 15.7. The summed E-state index contributed by atoms with van der Waals surface area (Å²) in [6, 6.07) is 13.8. The average Bonchev–Trinajstić information content (AvgIpc) is 3.24. The number of hydrogen-bond acceptors (Lipinski definition) is 4. The predicted molar refractivity (Wildman–Crippen MR) is 105 cm³/mol. The van der Waals surface area contributed by atoms with Crippen molar-refractivity contribution < 1.29 is 4.74 Å².